The minimum atomic E-state index is -0.151. The van der Waals surface area contributed by atoms with Crippen LogP contribution in [0, 0.1) is 13.8 Å². The van der Waals surface area contributed by atoms with Gasteiger partial charge in [0.1, 0.15) is 5.75 Å². The minimum absolute atomic E-state index is 0.00722. The third kappa shape index (κ3) is 4.76. The summed E-state index contributed by atoms with van der Waals surface area (Å²) in [5, 5.41) is 2.90. The number of piperazine rings is 1. The number of quaternary nitrogens is 1. The normalized spacial score (nSPS) is 15.0. The molecule has 3 rings (SSSR count). The number of rotatable bonds is 5. The van der Waals surface area contributed by atoms with Crippen LogP contribution in [0.1, 0.15) is 11.1 Å². The predicted octanol–water partition coefficient (Wildman–Crippen LogP) is 1.66. The van der Waals surface area contributed by atoms with Gasteiger partial charge in [0, 0.05) is 11.4 Å². The van der Waals surface area contributed by atoms with Crippen LogP contribution >= 0.6 is 0 Å². The maximum atomic E-state index is 12.2. The maximum Gasteiger partial charge on any atom is 0.262 e. The van der Waals surface area contributed by atoms with Crippen molar-refractivity contribution in [1.29, 1.82) is 0 Å². The first kappa shape index (κ1) is 18.3. The average Bonchev–Trinajstić information content (AvgIpc) is 2.64. The summed E-state index contributed by atoms with van der Waals surface area (Å²) in [7, 11) is 2.23. The summed E-state index contributed by atoms with van der Waals surface area (Å²) in [5.74, 6) is 0.606. The third-order valence-electron chi connectivity index (χ3n) is 4.84. The fourth-order valence-electron chi connectivity index (χ4n) is 3.11. The number of likely N-dealkylation sites (N-methyl/N-ethyl adjacent to an activating group) is 1. The Morgan fingerprint density at radius 2 is 1.81 bits per heavy atom. The van der Waals surface area contributed by atoms with Crippen molar-refractivity contribution < 1.29 is 14.4 Å². The summed E-state index contributed by atoms with van der Waals surface area (Å²) in [6.45, 7) is 8.46. The fourth-order valence-corrected chi connectivity index (χ4v) is 3.11. The van der Waals surface area contributed by atoms with E-state index in [1.54, 1.807) is 4.90 Å². The van der Waals surface area contributed by atoms with Crippen LogP contribution in [0.25, 0.3) is 0 Å². The Labute approximate surface area is 155 Å². The highest BCUT2D eigenvalue weighted by Crippen LogP contribution is 2.20. The number of anilines is 2. The van der Waals surface area contributed by atoms with Crippen molar-refractivity contribution in [1.82, 2.24) is 0 Å². The van der Waals surface area contributed by atoms with Crippen molar-refractivity contribution in [3.63, 3.8) is 0 Å². The van der Waals surface area contributed by atoms with Gasteiger partial charge in [-0.2, -0.15) is 0 Å². The number of benzene rings is 2. The van der Waals surface area contributed by atoms with Crippen molar-refractivity contribution in [3.8, 4) is 5.75 Å². The third-order valence-corrected chi connectivity index (χ3v) is 4.84. The highest BCUT2D eigenvalue weighted by atomic mass is 16.5. The number of ether oxygens (including phenoxy) is 1. The molecule has 0 saturated carbocycles. The Kier molecular flexibility index (Phi) is 5.78. The Balaban J connectivity index is 1.52. The van der Waals surface area contributed by atoms with Gasteiger partial charge in [-0.05, 0) is 55.3 Å². The first-order valence-electron chi connectivity index (χ1n) is 9.17. The molecule has 1 fully saturated rings. The quantitative estimate of drug-likeness (QED) is 0.858. The zero-order valence-electron chi connectivity index (χ0n) is 15.8. The van der Waals surface area contributed by atoms with E-state index >= 15 is 0 Å². The molecule has 1 heterocycles. The van der Waals surface area contributed by atoms with Gasteiger partial charge in [0.05, 0.1) is 33.2 Å². The van der Waals surface area contributed by atoms with E-state index in [9.17, 15) is 4.79 Å². The molecular formula is C21H28N3O2+. The van der Waals surface area contributed by atoms with Gasteiger partial charge < -0.3 is 19.9 Å². The molecule has 5 nitrogen and oxygen atoms in total. The van der Waals surface area contributed by atoms with Gasteiger partial charge in [-0.3, -0.25) is 4.79 Å². The van der Waals surface area contributed by atoms with Crippen molar-refractivity contribution in [2.45, 2.75) is 13.8 Å². The molecule has 2 N–H and O–H groups in total. The van der Waals surface area contributed by atoms with Crippen molar-refractivity contribution >= 4 is 17.3 Å². The van der Waals surface area contributed by atoms with E-state index in [0.29, 0.717) is 0 Å². The summed E-state index contributed by atoms with van der Waals surface area (Å²) in [5.41, 5.74) is 4.15. The van der Waals surface area contributed by atoms with Crippen molar-refractivity contribution in [3.05, 3.63) is 53.6 Å². The summed E-state index contributed by atoms with van der Waals surface area (Å²) in [6.07, 6.45) is 0. The molecule has 0 atom stereocenters. The van der Waals surface area contributed by atoms with E-state index < -0.39 is 0 Å². The number of carbonyl (C=O) groups is 1. The lowest BCUT2D eigenvalue weighted by Crippen LogP contribution is -3.12. The monoisotopic (exact) mass is 354 g/mol. The maximum absolute atomic E-state index is 12.2. The molecule has 138 valence electrons. The van der Waals surface area contributed by atoms with Gasteiger partial charge in [-0.25, -0.2) is 0 Å². The van der Waals surface area contributed by atoms with Gasteiger partial charge in [-0.15, -0.1) is 0 Å². The molecule has 5 heteroatoms. The Bertz CT molecular complexity index is 750. The van der Waals surface area contributed by atoms with E-state index in [0.717, 1.165) is 48.7 Å². The Morgan fingerprint density at radius 1 is 1.12 bits per heavy atom. The first-order valence-corrected chi connectivity index (χ1v) is 9.17. The summed E-state index contributed by atoms with van der Waals surface area (Å²) < 4.78 is 5.66. The minimum Gasteiger partial charge on any atom is -0.483 e. The van der Waals surface area contributed by atoms with Crippen LogP contribution in [0.5, 0.6) is 5.75 Å². The molecular weight excluding hydrogens is 326 g/mol. The molecule has 0 aromatic heterocycles. The molecule has 26 heavy (non-hydrogen) atoms. The highest BCUT2D eigenvalue weighted by molar-refractivity contribution is 5.92. The van der Waals surface area contributed by atoms with Gasteiger partial charge >= 0.3 is 0 Å². The number of hydrogen-bond acceptors (Lipinski definition) is 3. The molecule has 1 aliphatic heterocycles. The lowest BCUT2D eigenvalue weighted by Gasteiger charge is -2.31. The van der Waals surface area contributed by atoms with E-state index in [1.807, 2.05) is 44.2 Å². The highest BCUT2D eigenvalue weighted by Gasteiger charge is 2.16. The predicted molar refractivity (Wildman–Crippen MR) is 105 cm³/mol. The van der Waals surface area contributed by atoms with Crippen molar-refractivity contribution in [2.75, 3.05) is 50.1 Å². The topological polar surface area (TPSA) is 46.0 Å². The number of hydrogen-bond donors (Lipinski definition) is 2. The molecule has 1 aliphatic rings. The molecule has 2 aromatic rings. The second kappa shape index (κ2) is 8.23. The van der Waals surface area contributed by atoms with Gasteiger partial charge in [0.2, 0.25) is 0 Å². The van der Waals surface area contributed by atoms with Gasteiger partial charge in [-0.1, -0.05) is 12.1 Å². The van der Waals surface area contributed by atoms with E-state index in [-0.39, 0.29) is 12.5 Å². The van der Waals surface area contributed by atoms with Crippen molar-refractivity contribution in [2.24, 2.45) is 0 Å². The van der Waals surface area contributed by atoms with Crippen LogP contribution in [-0.4, -0.2) is 45.7 Å². The molecule has 1 amide bonds. The van der Waals surface area contributed by atoms with Crippen LogP contribution in [0.4, 0.5) is 11.4 Å². The smallest absolute Gasteiger partial charge is 0.262 e. The lowest BCUT2D eigenvalue weighted by molar-refractivity contribution is -0.880. The number of aryl methyl sites for hydroxylation is 2. The van der Waals surface area contributed by atoms with Crippen LogP contribution in [0.15, 0.2) is 42.5 Å². The van der Waals surface area contributed by atoms with Crippen LogP contribution < -0.4 is 19.9 Å². The second-order valence-corrected chi connectivity index (χ2v) is 7.10. The zero-order chi connectivity index (χ0) is 18.5. The van der Waals surface area contributed by atoms with Crippen LogP contribution in [-0.2, 0) is 4.79 Å². The summed E-state index contributed by atoms with van der Waals surface area (Å²) in [6, 6.07) is 14.0. The number of amides is 1. The average molecular weight is 354 g/mol. The SMILES string of the molecule is Cc1ccc(C)c(OCC(=O)Nc2ccc(N3CC[NH+](C)CC3)cc2)c1. The molecule has 0 spiro atoms. The molecule has 0 radical (unpaired) electrons. The van der Waals surface area contributed by atoms with Crippen LogP contribution in [0.2, 0.25) is 0 Å². The number of nitrogens with one attached hydrogen (secondary N) is 2. The molecule has 2 aromatic carbocycles. The number of nitrogens with zero attached hydrogens (tertiary/aromatic N) is 1. The first-order chi connectivity index (χ1) is 12.5. The fraction of sp³-hybridized carbons (Fsp3) is 0.381. The van der Waals surface area contributed by atoms with E-state index in [4.69, 9.17) is 4.74 Å². The van der Waals surface area contributed by atoms with Crippen LogP contribution in [0.3, 0.4) is 0 Å². The molecule has 0 bridgehead atoms. The summed E-state index contributed by atoms with van der Waals surface area (Å²) in [4.78, 5) is 16.1. The lowest BCUT2D eigenvalue weighted by atomic mass is 10.1. The summed E-state index contributed by atoms with van der Waals surface area (Å²) >= 11 is 0. The Hall–Kier alpha value is -2.53. The number of carbonyl (C=O) groups excluding carboxylic acids is 1. The second-order valence-electron chi connectivity index (χ2n) is 7.10. The molecule has 1 saturated heterocycles. The van der Waals surface area contributed by atoms with E-state index in [2.05, 4.69) is 29.4 Å². The molecule has 0 aliphatic carbocycles. The van der Waals surface area contributed by atoms with E-state index in [1.165, 1.54) is 5.69 Å². The molecule has 0 unspecified atom stereocenters. The largest absolute Gasteiger partial charge is 0.483 e. The van der Waals surface area contributed by atoms with Gasteiger partial charge in [0.25, 0.3) is 5.91 Å². The zero-order valence-corrected chi connectivity index (χ0v) is 15.8. The van der Waals surface area contributed by atoms with Gasteiger partial charge in [0.15, 0.2) is 6.61 Å². The Morgan fingerprint density at radius 3 is 2.50 bits per heavy atom. The standard InChI is InChI=1S/C21H27N3O2/c1-16-4-5-17(2)20(14-16)26-15-21(25)22-18-6-8-19(9-7-18)24-12-10-23(3)11-13-24/h4-9,14H,10-13,15H2,1-3H3,(H,22,25)/p+1.